The average molecular weight is 401 g/mol. The van der Waals surface area contributed by atoms with Crippen molar-refractivity contribution in [3.05, 3.63) is 101 Å². The van der Waals surface area contributed by atoms with Crippen molar-refractivity contribution >= 4 is 35.6 Å². The number of rotatable bonds is 7. The third-order valence-electron chi connectivity index (χ3n) is 4.10. The van der Waals surface area contributed by atoms with E-state index >= 15 is 0 Å². The van der Waals surface area contributed by atoms with Crippen LogP contribution in [-0.4, -0.2) is 12.5 Å². The summed E-state index contributed by atoms with van der Waals surface area (Å²) in [5.74, 6) is 0.0205. The summed E-state index contributed by atoms with van der Waals surface area (Å²) in [6.07, 6.45) is 0. The molecule has 5 heteroatoms. The van der Waals surface area contributed by atoms with Gasteiger partial charge in [-0.25, -0.2) is 0 Å². The van der Waals surface area contributed by atoms with Crippen molar-refractivity contribution in [1.29, 1.82) is 0 Å². The van der Waals surface area contributed by atoms with Gasteiger partial charge in [-0.15, -0.1) is 12.4 Å². The predicted octanol–water partition coefficient (Wildman–Crippen LogP) is 5.08. The Bertz CT molecular complexity index is 841. The number of benzene rings is 3. The Hall–Kier alpha value is -2.33. The molecule has 0 spiro atoms. The van der Waals surface area contributed by atoms with Crippen molar-refractivity contribution in [2.24, 2.45) is 0 Å². The minimum absolute atomic E-state index is 0. The molecule has 27 heavy (non-hydrogen) atoms. The molecule has 3 rings (SSSR count). The molecule has 1 N–H and O–H groups in total. The first-order chi connectivity index (χ1) is 12.7. The fraction of sp³-hybridized carbons (Fsp3) is 0.136. The molecule has 0 aromatic heterocycles. The van der Waals surface area contributed by atoms with E-state index in [1.54, 1.807) is 4.90 Å². The van der Waals surface area contributed by atoms with Crippen LogP contribution in [0.3, 0.4) is 0 Å². The molecule has 1 amide bonds. The lowest BCUT2D eigenvalue weighted by atomic mass is 10.2. The number of carbonyl (C=O) groups excluding carboxylic acids is 1. The number of nitrogens with one attached hydrogen (secondary N) is 1. The quantitative estimate of drug-likeness (QED) is 0.599. The summed E-state index contributed by atoms with van der Waals surface area (Å²) in [6.45, 7) is 1.34. The zero-order valence-corrected chi connectivity index (χ0v) is 16.4. The Morgan fingerprint density at radius 1 is 0.852 bits per heavy atom. The molecule has 0 radical (unpaired) electrons. The summed E-state index contributed by atoms with van der Waals surface area (Å²) in [5.41, 5.74) is 2.97. The van der Waals surface area contributed by atoms with Gasteiger partial charge in [-0.2, -0.15) is 0 Å². The minimum atomic E-state index is 0. The van der Waals surface area contributed by atoms with E-state index in [1.807, 2.05) is 84.9 Å². The molecule has 0 saturated heterocycles. The van der Waals surface area contributed by atoms with E-state index in [0.717, 1.165) is 16.8 Å². The summed E-state index contributed by atoms with van der Waals surface area (Å²) in [5, 5.41) is 3.91. The molecule has 0 bridgehead atoms. The minimum Gasteiger partial charge on any atom is -0.307 e. The van der Waals surface area contributed by atoms with Crippen LogP contribution in [0, 0.1) is 0 Å². The summed E-state index contributed by atoms with van der Waals surface area (Å²) in [4.78, 5) is 14.7. The third kappa shape index (κ3) is 6.10. The van der Waals surface area contributed by atoms with Crippen molar-refractivity contribution in [2.75, 3.05) is 11.4 Å². The average Bonchev–Trinajstić information content (AvgIpc) is 2.69. The van der Waals surface area contributed by atoms with Gasteiger partial charge >= 0.3 is 0 Å². The van der Waals surface area contributed by atoms with Crippen molar-refractivity contribution in [3.63, 3.8) is 0 Å². The number of nitrogens with zero attached hydrogens (tertiary/aromatic N) is 1. The van der Waals surface area contributed by atoms with Gasteiger partial charge in [-0.3, -0.25) is 4.79 Å². The SMILES string of the molecule is Cl.O=C(CNCc1ccccc1Cl)N(Cc1ccccc1)c1ccccc1. The van der Waals surface area contributed by atoms with Gasteiger partial charge < -0.3 is 10.2 Å². The van der Waals surface area contributed by atoms with Crippen LogP contribution in [-0.2, 0) is 17.9 Å². The summed E-state index contributed by atoms with van der Waals surface area (Å²) < 4.78 is 0. The normalized spacial score (nSPS) is 10.1. The van der Waals surface area contributed by atoms with E-state index in [9.17, 15) is 4.79 Å². The fourth-order valence-electron chi connectivity index (χ4n) is 2.74. The molecule has 0 aliphatic heterocycles. The highest BCUT2D eigenvalue weighted by Crippen LogP contribution is 2.17. The Morgan fingerprint density at radius 3 is 2.11 bits per heavy atom. The molecule has 0 unspecified atom stereocenters. The molecule has 140 valence electrons. The van der Waals surface area contributed by atoms with Gasteiger partial charge in [-0.05, 0) is 29.3 Å². The maximum Gasteiger partial charge on any atom is 0.241 e. The highest BCUT2D eigenvalue weighted by Gasteiger charge is 2.15. The molecular weight excluding hydrogens is 379 g/mol. The number of halogens is 2. The second-order valence-electron chi connectivity index (χ2n) is 6.00. The van der Waals surface area contributed by atoms with Crippen LogP contribution in [0.2, 0.25) is 5.02 Å². The Balaban J connectivity index is 0.00000261. The van der Waals surface area contributed by atoms with Gasteiger partial charge in [0.1, 0.15) is 0 Å². The van der Waals surface area contributed by atoms with E-state index < -0.39 is 0 Å². The van der Waals surface area contributed by atoms with Crippen LogP contribution < -0.4 is 10.2 Å². The monoisotopic (exact) mass is 400 g/mol. The lowest BCUT2D eigenvalue weighted by molar-refractivity contribution is -0.118. The second kappa shape index (κ2) is 10.7. The van der Waals surface area contributed by atoms with E-state index in [1.165, 1.54) is 0 Å². The molecule has 0 aliphatic rings. The standard InChI is InChI=1S/C22H21ClN2O.ClH/c23-21-14-8-7-11-19(21)15-24-16-22(26)25(20-12-5-2-6-13-20)17-18-9-3-1-4-10-18;/h1-14,24H,15-17H2;1H. The molecule has 3 nitrogen and oxygen atoms in total. The lowest BCUT2D eigenvalue weighted by Gasteiger charge is -2.23. The highest BCUT2D eigenvalue weighted by molar-refractivity contribution is 6.31. The number of hydrogen-bond acceptors (Lipinski definition) is 2. The number of para-hydroxylation sites is 1. The van der Waals surface area contributed by atoms with Crippen LogP contribution >= 0.6 is 24.0 Å². The molecule has 0 aliphatic carbocycles. The first-order valence-electron chi connectivity index (χ1n) is 8.57. The Morgan fingerprint density at radius 2 is 1.44 bits per heavy atom. The van der Waals surface area contributed by atoms with Crippen molar-refractivity contribution in [2.45, 2.75) is 13.1 Å². The van der Waals surface area contributed by atoms with E-state index in [0.29, 0.717) is 18.1 Å². The van der Waals surface area contributed by atoms with Gasteiger partial charge in [0, 0.05) is 17.3 Å². The highest BCUT2D eigenvalue weighted by atomic mass is 35.5. The number of anilines is 1. The van der Waals surface area contributed by atoms with E-state index in [4.69, 9.17) is 11.6 Å². The zero-order valence-electron chi connectivity index (χ0n) is 14.8. The maximum atomic E-state index is 12.9. The Labute approximate surface area is 171 Å². The maximum absolute atomic E-state index is 12.9. The van der Waals surface area contributed by atoms with Gasteiger partial charge in [-0.1, -0.05) is 78.3 Å². The predicted molar refractivity (Wildman–Crippen MR) is 114 cm³/mol. The van der Waals surface area contributed by atoms with Crippen molar-refractivity contribution < 1.29 is 4.79 Å². The first-order valence-corrected chi connectivity index (χ1v) is 8.95. The van der Waals surface area contributed by atoms with Gasteiger partial charge in [0.25, 0.3) is 0 Å². The van der Waals surface area contributed by atoms with Crippen molar-refractivity contribution in [3.8, 4) is 0 Å². The Kier molecular flexibility index (Phi) is 8.34. The molecular formula is C22H22Cl2N2O. The molecule has 3 aromatic rings. The van der Waals surface area contributed by atoms with Crippen LogP contribution in [0.1, 0.15) is 11.1 Å². The lowest BCUT2D eigenvalue weighted by Crippen LogP contribution is -2.37. The van der Waals surface area contributed by atoms with Gasteiger partial charge in [0.2, 0.25) is 5.91 Å². The molecule has 0 saturated carbocycles. The molecule has 3 aromatic carbocycles. The van der Waals surface area contributed by atoms with Crippen LogP contribution in [0.25, 0.3) is 0 Å². The van der Waals surface area contributed by atoms with E-state index in [2.05, 4.69) is 5.32 Å². The van der Waals surface area contributed by atoms with Crippen LogP contribution in [0.5, 0.6) is 0 Å². The zero-order chi connectivity index (χ0) is 18.2. The topological polar surface area (TPSA) is 32.3 Å². The molecule has 0 fully saturated rings. The summed E-state index contributed by atoms with van der Waals surface area (Å²) >= 11 is 6.17. The largest absolute Gasteiger partial charge is 0.307 e. The molecule has 0 atom stereocenters. The second-order valence-corrected chi connectivity index (χ2v) is 6.40. The smallest absolute Gasteiger partial charge is 0.241 e. The first kappa shape index (κ1) is 21.0. The summed E-state index contributed by atoms with van der Waals surface area (Å²) in [6, 6.07) is 27.4. The summed E-state index contributed by atoms with van der Waals surface area (Å²) in [7, 11) is 0. The number of carbonyl (C=O) groups is 1. The third-order valence-corrected chi connectivity index (χ3v) is 4.47. The van der Waals surface area contributed by atoms with Crippen LogP contribution in [0.4, 0.5) is 5.69 Å². The van der Waals surface area contributed by atoms with Crippen molar-refractivity contribution in [1.82, 2.24) is 5.32 Å². The van der Waals surface area contributed by atoms with E-state index in [-0.39, 0.29) is 24.9 Å². The number of hydrogen-bond donors (Lipinski definition) is 1. The van der Waals surface area contributed by atoms with Gasteiger partial charge in [0.05, 0.1) is 13.1 Å². The van der Waals surface area contributed by atoms with Crippen LogP contribution in [0.15, 0.2) is 84.9 Å². The fourth-order valence-corrected chi connectivity index (χ4v) is 2.94. The molecule has 0 heterocycles. The number of amides is 1. The van der Waals surface area contributed by atoms with Gasteiger partial charge in [0.15, 0.2) is 0 Å².